The quantitative estimate of drug-likeness (QED) is 0.446. The van der Waals surface area contributed by atoms with Crippen LogP contribution >= 0.6 is 34.2 Å². The van der Waals surface area contributed by atoms with Gasteiger partial charge in [-0.2, -0.15) is 0 Å². The fourth-order valence-electron chi connectivity index (χ4n) is 2.29. The number of imidazole rings is 1. The second-order valence-corrected chi connectivity index (χ2v) is 6.07. The number of aryl methyl sites for hydroxylation is 1. The van der Waals surface area contributed by atoms with Crippen LogP contribution in [0.25, 0.3) is 16.7 Å². The molecule has 0 aliphatic rings. The lowest BCUT2D eigenvalue weighted by Crippen LogP contribution is -2.04. The molecule has 3 rings (SSSR count). The molecular formula is C15H10ClF2IN2. The average molecular weight is 419 g/mol. The van der Waals surface area contributed by atoms with E-state index < -0.39 is 0 Å². The zero-order chi connectivity index (χ0) is 15.0. The number of benzene rings is 2. The monoisotopic (exact) mass is 418 g/mol. The molecule has 0 amide bonds. The largest absolute Gasteiger partial charge is 0.295 e. The molecule has 0 saturated carbocycles. The summed E-state index contributed by atoms with van der Waals surface area (Å²) >= 11 is 7.91. The molecule has 3 aromatic rings. The molecule has 0 saturated heterocycles. The van der Waals surface area contributed by atoms with Crippen molar-refractivity contribution in [2.24, 2.45) is 0 Å². The predicted molar refractivity (Wildman–Crippen MR) is 88.1 cm³/mol. The van der Waals surface area contributed by atoms with Crippen molar-refractivity contribution in [1.82, 2.24) is 9.55 Å². The lowest BCUT2D eigenvalue weighted by atomic mass is 10.2. The molecule has 1 heterocycles. The molecule has 0 N–H and O–H groups in total. The minimum atomic E-state index is -0.335. The summed E-state index contributed by atoms with van der Waals surface area (Å²) in [7, 11) is 0. The Bertz CT molecular complexity index is 817. The Morgan fingerprint density at radius 3 is 2.52 bits per heavy atom. The average Bonchev–Trinajstić information content (AvgIpc) is 2.76. The highest BCUT2D eigenvalue weighted by Crippen LogP contribution is 2.26. The van der Waals surface area contributed by atoms with E-state index in [2.05, 4.69) is 27.6 Å². The number of hydrogen-bond acceptors (Lipinski definition) is 1. The summed E-state index contributed by atoms with van der Waals surface area (Å²) in [6.07, 6.45) is 0.547. The summed E-state index contributed by atoms with van der Waals surface area (Å²) in [6.45, 7) is 0. The van der Waals surface area contributed by atoms with Gasteiger partial charge in [0.2, 0.25) is 0 Å². The van der Waals surface area contributed by atoms with Crippen molar-refractivity contribution >= 4 is 45.2 Å². The molecular weight excluding hydrogens is 409 g/mol. The molecule has 1 aromatic heterocycles. The van der Waals surface area contributed by atoms with Gasteiger partial charge in [0.05, 0.1) is 16.7 Å². The Labute approximate surface area is 138 Å². The first-order valence-electron chi connectivity index (χ1n) is 6.28. The van der Waals surface area contributed by atoms with Crippen LogP contribution in [0.3, 0.4) is 0 Å². The van der Waals surface area contributed by atoms with Gasteiger partial charge in [0, 0.05) is 21.9 Å². The SMILES string of the molecule is Fc1ccc(-n2c(CCCl)nc3cc(F)ccc32)c(I)c1. The van der Waals surface area contributed by atoms with Gasteiger partial charge in [-0.1, -0.05) is 0 Å². The van der Waals surface area contributed by atoms with Crippen molar-refractivity contribution in [3.05, 3.63) is 57.4 Å². The van der Waals surface area contributed by atoms with E-state index in [0.717, 1.165) is 20.6 Å². The van der Waals surface area contributed by atoms with Gasteiger partial charge >= 0.3 is 0 Å². The van der Waals surface area contributed by atoms with E-state index in [1.807, 2.05) is 4.57 Å². The first kappa shape index (κ1) is 14.7. The van der Waals surface area contributed by atoms with Crippen molar-refractivity contribution in [2.75, 3.05) is 5.88 Å². The summed E-state index contributed by atoms with van der Waals surface area (Å²) in [5.74, 6) is 0.509. The molecule has 0 spiro atoms. The van der Waals surface area contributed by atoms with Crippen LogP contribution in [0.2, 0.25) is 0 Å². The Morgan fingerprint density at radius 1 is 1.10 bits per heavy atom. The highest BCUT2D eigenvalue weighted by atomic mass is 127. The summed E-state index contributed by atoms with van der Waals surface area (Å²) in [6, 6.07) is 9.00. The first-order chi connectivity index (χ1) is 10.1. The summed E-state index contributed by atoms with van der Waals surface area (Å²) in [5, 5.41) is 0. The standard InChI is InChI=1S/C15H10ClF2IN2/c16-6-5-15-20-12-8-10(18)2-4-14(12)21(15)13-3-1-9(17)7-11(13)19/h1-4,7-8H,5-6H2. The minimum Gasteiger partial charge on any atom is -0.295 e. The lowest BCUT2D eigenvalue weighted by molar-refractivity contribution is 0.626. The highest BCUT2D eigenvalue weighted by Gasteiger charge is 2.15. The molecule has 0 atom stereocenters. The fraction of sp³-hybridized carbons (Fsp3) is 0.133. The maximum absolute atomic E-state index is 13.4. The van der Waals surface area contributed by atoms with E-state index in [9.17, 15) is 8.78 Å². The molecule has 0 radical (unpaired) electrons. The van der Waals surface area contributed by atoms with Crippen LogP contribution < -0.4 is 0 Å². The first-order valence-corrected chi connectivity index (χ1v) is 7.90. The van der Waals surface area contributed by atoms with Crippen LogP contribution in [-0.2, 0) is 6.42 Å². The Hall–Kier alpha value is -1.21. The molecule has 21 heavy (non-hydrogen) atoms. The van der Waals surface area contributed by atoms with Gasteiger partial charge in [-0.25, -0.2) is 13.8 Å². The van der Waals surface area contributed by atoms with Gasteiger partial charge in [-0.3, -0.25) is 4.57 Å². The Balaban J connectivity index is 2.30. The van der Waals surface area contributed by atoms with Crippen molar-refractivity contribution in [1.29, 1.82) is 0 Å². The van der Waals surface area contributed by atoms with Crippen LogP contribution in [0.5, 0.6) is 0 Å². The van der Waals surface area contributed by atoms with Crippen molar-refractivity contribution in [3.63, 3.8) is 0 Å². The predicted octanol–water partition coefficient (Wildman–Crippen LogP) is 4.69. The molecule has 0 aliphatic carbocycles. The van der Waals surface area contributed by atoms with Crippen LogP contribution in [-0.4, -0.2) is 15.4 Å². The lowest BCUT2D eigenvalue weighted by Gasteiger charge is -2.11. The zero-order valence-electron chi connectivity index (χ0n) is 10.8. The number of nitrogens with zero attached hydrogens (tertiary/aromatic N) is 2. The number of aromatic nitrogens is 2. The van der Waals surface area contributed by atoms with E-state index in [1.54, 1.807) is 12.1 Å². The fourth-order valence-corrected chi connectivity index (χ4v) is 3.17. The number of halogens is 4. The van der Waals surface area contributed by atoms with Gasteiger partial charge in [-0.15, -0.1) is 11.6 Å². The van der Waals surface area contributed by atoms with Gasteiger partial charge in [0.25, 0.3) is 0 Å². The molecule has 6 heteroatoms. The van der Waals surface area contributed by atoms with Crippen molar-refractivity contribution in [3.8, 4) is 5.69 Å². The number of alkyl halides is 1. The van der Waals surface area contributed by atoms with E-state index in [-0.39, 0.29) is 11.6 Å². The van der Waals surface area contributed by atoms with E-state index >= 15 is 0 Å². The van der Waals surface area contributed by atoms with Crippen LogP contribution in [0.4, 0.5) is 8.78 Å². The maximum atomic E-state index is 13.4. The molecule has 0 bridgehead atoms. The molecule has 0 fully saturated rings. The van der Waals surface area contributed by atoms with E-state index in [0.29, 0.717) is 17.8 Å². The van der Waals surface area contributed by atoms with Crippen LogP contribution in [0.1, 0.15) is 5.82 Å². The minimum absolute atomic E-state index is 0.294. The summed E-state index contributed by atoms with van der Waals surface area (Å²) in [5.41, 5.74) is 2.16. The second-order valence-electron chi connectivity index (χ2n) is 4.53. The number of rotatable bonds is 3. The summed E-state index contributed by atoms with van der Waals surface area (Å²) in [4.78, 5) is 4.44. The third-order valence-corrected chi connectivity index (χ3v) is 4.21. The molecule has 0 unspecified atom stereocenters. The summed E-state index contributed by atoms with van der Waals surface area (Å²) < 4.78 is 29.3. The van der Waals surface area contributed by atoms with Gasteiger partial charge in [0.15, 0.2) is 0 Å². The van der Waals surface area contributed by atoms with Crippen LogP contribution in [0, 0.1) is 15.2 Å². The van der Waals surface area contributed by atoms with E-state index in [1.165, 1.54) is 24.3 Å². The zero-order valence-corrected chi connectivity index (χ0v) is 13.7. The smallest absolute Gasteiger partial charge is 0.125 e. The van der Waals surface area contributed by atoms with Gasteiger partial charge in [-0.05, 0) is 52.9 Å². The molecule has 2 aromatic carbocycles. The second kappa shape index (κ2) is 5.88. The molecule has 2 nitrogen and oxygen atoms in total. The third kappa shape index (κ3) is 2.76. The van der Waals surface area contributed by atoms with Gasteiger partial charge < -0.3 is 0 Å². The van der Waals surface area contributed by atoms with E-state index in [4.69, 9.17) is 11.6 Å². The topological polar surface area (TPSA) is 17.8 Å². The Morgan fingerprint density at radius 2 is 1.81 bits per heavy atom. The number of hydrogen-bond donors (Lipinski definition) is 0. The Kier molecular flexibility index (Phi) is 4.12. The molecule has 0 aliphatic heterocycles. The number of fused-ring (bicyclic) bond motifs is 1. The van der Waals surface area contributed by atoms with Crippen molar-refractivity contribution < 1.29 is 8.78 Å². The van der Waals surface area contributed by atoms with Crippen molar-refractivity contribution in [2.45, 2.75) is 6.42 Å². The maximum Gasteiger partial charge on any atom is 0.125 e. The normalized spacial score (nSPS) is 11.2. The highest BCUT2D eigenvalue weighted by molar-refractivity contribution is 14.1. The third-order valence-electron chi connectivity index (χ3n) is 3.15. The van der Waals surface area contributed by atoms with Gasteiger partial charge in [0.1, 0.15) is 17.5 Å². The van der Waals surface area contributed by atoms with Crippen LogP contribution in [0.15, 0.2) is 36.4 Å². The molecule has 108 valence electrons.